The molecule has 0 radical (unpaired) electrons. The zero-order valence-corrected chi connectivity index (χ0v) is 24.2. The van der Waals surface area contributed by atoms with E-state index < -0.39 is 0 Å². The third-order valence-corrected chi connectivity index (χ3v) is 9.80. The van der Waals surface area contributed by atoms with Gasteiger partial charge in [0.05, 0.1) is 5.69 Å². The maximum atomic E-state index is 15.9. The van der Waals surface area contributed by atoms with E-state index in [1.54, 1.807) is 26.4 Å². The van der Waals surface area contributed by atoms with Crippen LogP contribution in [0.5, 0.6) is 5.75 Å². The molecule has 0 amide bonds. The number of hydrogen-bond donors (Lipinski definition) is 1. The fourth-order valence-corrected chi connectivity index (χ4v) is 7.68. The molecule has 6 rings (SSSR count). The molecule has 2 aliphatic heterocycles. The summed E-state index contributed by atoms with van der Waals surface area (Å²) in [4.78, 5) is 2.17. The Balaban J connectivity index is 1.30. The number of aryl methyl sites for hydroxylation is 1. The van der Waals surface area contributed by atoms with E-state index >= 15 is 4.39 Å². The van der Waals surface area contributed by atoms with Crippen LogP contribution >= 0.6 is 0 Å². The molecule has 0 aromatic heterocycles. The summed E-state index contributed by atoms with van der Waals surface area (Å²) < 4.78 is 32.6. The number of phenolic OH excluding ortho intramolecular Hbond substituents is 1. The number of benzene rings is 3. The maximum Gasteiger partial charge on any atom is 0.159 e. The Morgan fingerprint density at radius 1 is 0.902 bits per heavy atom. The summed E-state index contributed by atoms with van der Waals surface area (Å²) in [5, 5.41) is 10.5. The average Bonchev–Trinajstić information content (AvgIpc) is 3.02. The van der Waals surface area contributed by atoms with Gasteiger partial charge in [0.15, 0.2) is 6.29 Å². The lowest BCUT2D eigenvalue weighted by atomic mass is 9.65. The predicted octanol–water partition coefficient (Wildman–Crippen LogP) is 7.15. The quantitative estimate of drug-likeness (QED) is 0.312. The second-order valence-corrected chi connectivity index (χ2v) is 11.9. The first-order chi connectivity index (χ1) is 20.1. The van der Waals surface area contributed by atoms with Crippen molar-refractivity contribution in [2.24, 2.45) is 17.8 Å². The van der Waals surface area contributed by atoms with Crippen molar-refractivity contribution in [3.63, 3.8) is 0 Å². The van der Waals surface area contributed by atoms with Gasteiger partial charge in [-0.1, -0.05) is 42.5 Å². The summed E-state index contributed by atoms with van der Waals surface area (Å²) >= 11 is 0. The monoisotopic (exact) mass is 559 g/mol. The smallest absolute Gasteiger partial charge is 0.159 e. The van der Waals surface area contributed by atoms with E-state index in [1.807, 2.05) is 24.3 Å². The maximum absolute atomic E-state index is 15.9. The molecule has 2 heterocycles. The predicted molar refractivity (Wildman–Crippen MR) is 160 cm³/mol. The molecular weight excluding hydrogens is 517 g/mol. The number of aromatic hydroxyl groups is 1. The van der Waals surface area contributed by atoms with Crippen molar-refractivity contribution >= 4 is 5.69 Å². The molecule has 1 aliphatic carbocycles. The van der Waals surface area contributed by atoms with Crippen LogP contribution in [0.15, 0.2) is 60.7 Å². The summed E-state index contributed by atoms with van der Waals surface area (Å²) in [5.41, 5.74) is 6.22. The molecule has 0 saturated carbocycles. The molecule has 0 unspecified atom stereocenters. The van der Waals surface area contributed by atoms with Crippen molar-refractivity contribution in [1.82, 2.24) is 0 Å². The van der Waals surface area contributed by atoms with Gasteiger partial charge in [-0.2, -0.15) is 0 Å². The standard InChI is InChI=1S/C35H42FNO4/c1-39-35(40-2)24-13-17-37(18-14-24)32-12-9-27(22-31(32)36)34-29(23-15-19-41-20-16-23)10-8-26-21-25(7-11-30(26)34)28-5-3-4-6-33(28)38/h3-7,9,11-12,21-24,29,34-35,38H,8,10,13-20H2,1-2H3/t29-,34+/m0/s1. The lowest BCUT2D eigenvalue weighted by molar-refractivity contribution is -0.141. The van der Waals surface area contributed by atoms with Crippen molar-refractivity contribution in [2.75, 3.05) is 45.4 Å². The molecule has 3 aliphatic rings. The van der Waals surface area contributed by atoms with Crippen LogP contribution in [0.25, 0.3) is 11.1 Å². The van der Waals surface area contributed by atoms with Crippen molar-refractivity contribution in [2.45, 2.75) is 50.7 Å². The highest BCUT2D eigenvalue weighted by atomic mass is 19.1. The molecule has 218 valence electrons. The molecule has 3 aromatic rings. The first-order valence-electron chi connectivity index (χ1n) is 15.2. The van der Waals surface area contributed by atoms with Gasteiger partial charge in [0, 0.05) is 57.9 Å². The molecule has 3 aromatic carbocycles. The number of methoxy groups -OCH3 is 2. The Morgan fingerprint density at radius 3 is 2.37 bits per heavy atom. The van der Waals surface area contributed by atoms with E-state index in [4.69, 9.17) is 14.2 Å². The summed E-state index contributed by atoms with van der Waals surface area (Å²) in [7, 11) is 3.37. The van der Waals surface area contributed by atoms with Crippen LogP contribution in [0.3, 0.4) is 0 Å². The number of phenols is 1. The van der Waals surface area contributed by atoms with Crippen LogP contribution in [-0.4, -0.2) is 51.9 Å². The minimum atomic E-state index is -0.204. The van der Waals surface area contributed by atoms with Crippen molar-refractivity contribution in [1.29, 1.82) is 0 Å². The van der Waals surface area contributed by atoms with Gasteiger partial charge in [0.2, 0.25) is 0 Å². The fraction of sp³-hybridized carbons (Fsp3) is 0.486. The summed E-state index contributed by atoms with van der Waals surface area (Å²) in [6, 6.07) is 20.1. The summed E-state index contributed by atoms with van der Waals surface area (Å²) in [6.45, 7) is 3.19. The number of hydrogen-bond acceptors (Lipinski definition) is 5. The molecule has 0 spiro atoms. The number of halogens is 1. The Bertz CT molecular complexity index is 1330. The number of para-hydroxylation sites is 1. The van der Waals surface area contributed by atoms with Crippen molar-refractivity contribution in [3.05, 3.63) is 83.2 Å². The Labute approximate surface area is 243 Å². The average molecular weight is 560 g/mol. The Hall–Kier alpha value is -2.93. The number of fused-ring (bicyclic) bond motifs is 1. The van der Waals surface area contributed by atoms with E-state index in [0.29, 0.717) is 29.2 Å². The second-order valence-electron chi connectivity index (χ2n) is 11.9. The molecule has 0 bridgehead atoms. The Kier molecular flexibility index (Phi) is 8.61. The van der Waals surface area contributed by atoms with Gasteiger partial charge in [-0.25, -0.2) is 4.39 Å². The summed E-state index contributed by atoms with van der Waals surface area (Å²) in [6.07, 6.45) is 5.81. The highest BCUT2D eigenvalue weighted by Gasteiger charge is 2.37. The van der Waals surface area contributed by atoms with E-state index in [-0.39, 0.29) is 18.0 Å². The zero-order valence-electron chi connectivity index (χ0n) is 24.2. The van der Waals surface area contributed by atoms with Gasteiger partial charge < -0.3 is 24.2 Å². The second kappa shape index (κ2) is 12.5. The number of ether oxygens (including phenoxy) is 3. The van der Waals surface area contributed by atoms with Gasteiger partial charge in [0.1, 0.15) is 11.6 Å². The van der Waals surface area contributed by atoms with E-state index in [2.05, 4.69) is 29.2 Å². The van der Waals surface area contributed by atoms with Gasteiger partial charge in [-0.15, -0.1) is 0 Å². The fourth-order valence-electron chi connectivity index (χ4n) is 7.68. The third kappa shape index (κ3) is 5.75. The van der Waals surface area contributed by atoms with Crippen LogP contribution in [0.2, 0.25) is 0 Å². The van der Waals surface area contributed by atoms with Crippen molar-refractivity contribution in [3.8, 4) is 16.9 Å². The normalized spacial score (nSPS) is 22.2. The van der Waals surface area contributed by atoms with E-state index in [0.717, 1.165) is 81.5 Å². The van der Waals surface area contributed by atoms with Gasteiger partial charge in [-0.05, 0) is 90.8 Å². The number of anilines is 1. The zero-order chi connectivity index (χ0) is 28.3. The lowest BCUT2D eigenvalue weighted by Gasteiger charge is -2.41. The molecule has 6 heteroatoms. The molecule has 2 saturated heterocycles. The van der Waals surface area contributed by atoms with E-state index in [9.17, 15) is 5.11 Å². The Morgan fingerprint density at radius 2 is 1.66 bits per heavy atom. The van der Waals surface area contributed by atoms with Gasteiger partial charge in [-0.3, -0.25) is 0 Å². The van der Waals surface area contributed by atoms with Crippen LogP contribution in [0.1, 0.15) is 54.7 Å². The molecule has 5 nitrogen and oxygen atoms in total. The van der Waals surface area contributed by atoms with Crippen LogP contribution in [0, 0.1) is 23.6 Å². The van der Waals surface area contributed by atoms with Crippen LogP contribution < -0.4 is 4.90 Å². The minimum Gasteiger partial charge on any atom is -0.507 e. The highest BCUT2D eigenvalue weighted by molar-refractivity contribution is 5.71. The molecular formula is C35H42FNO4. The molecule has 41 heavy (non-hydrogen) atoms. The number of piperidine rings is 1. The van der Waals surface area contributed by atoms with Gasteiger partial charge >= 0.3 is 0 Å². The van der Waals surface area contributed by atoms with Crippen molar-refractivity contribution < 1.29 is 23.7 Å². The molecule has 2 fully saturated rings. The largest absolute Gasteiger partial charge is 0.507 e. The first-order valence-corrected chi connectivity index (χ1v) is 15.2. The molecule has 2 atom stereocenters. The number of nitrogens with zero attached hydrogens (tertiary/aromatic N) is 1. The minimum absolute atomic E-state index is 0.138. The topological polar surface area (TPSA) is 51.2 Å². The molecule has 1 N–H and O–H groups in total. The van der Waals surface area contributed by atoms with Crippen LogP contribution in [-0.2, 0) is 20.6 Å². The summed E-state index contributed by atoms with van der Waals surface area (Å²) in [5.74, 6) is 1.63. The lowest BCUT2D eigenvalue weighted by Crippen LogP contribution is -2.39. The SMILES string of the molecule is COC(OC)C1CCN(c2ccc([C@H]3c4ccc(-c5ccccc5O)cc4CC[C@H]3C3CCOCC3)cc2F)CC1. The van der Waals surface area contributed by atoms with Gasteiger partial charge in [0.25, 0.3) is 0 Å². The van der Waals surface area contributed by atoms with E-state index in [1.165, 1.54) is 11.1 Å². The van der Waals surface area contributed by atoms with Crippen LogP contribution in [0.4, 0.5) is 10.1 Å². The third-order valence-electron chi connectivity index (χ3n) is 9.80. The highest BCUT2D eigenvalue weighted by Crippen LogP contribution is 2.48. The number of rotatable bonds is 7. The first kappa shape index (κ1) is 28.2.